The summed E-state index contributed by atoms with van der Waals surface area (Å²) in [5.41, 5.74) is 1.30. The predicted molar refractivity (Wildman–Crippen MR) is 41.3 cm³/mol. The second-order valence-corrected chi connectivity index (χ2v) is 2.35. The minimum atomic E-state index is 0.893. The zero-order chi connectivity index (χ0) is 6.41. The van der Waals surface area contributed by atoms with Gasteiger partial charge in [0, 0.05) is 12.3 Å². The molecular formula is C6H13NS. The quantitative estimate of drug-likeness (QED) is 0.436. The maximum Gasteiger partial charge on any atom is 0.0229 e. The van der Waals surface area contributed by atoms with Gasteiger partial charge in [-0.3, -0.25) is 0 Å². The monoisotopic (exact) mass is 131 g/mol. The Kier molecular flexibility index (Phi) is 4.97. The number of rotatable bonds is 3. The highest BCUT2D eigenvalue weighted by Crippen LogP contribution is 1.82. The van der Waals surface area contributed by atoms with Crippen LogP contribution in [0.3, 0.4) is 0 Å². The molecule has 48 valence electrons. The van der Waals surface area contributed by atoms with Crippen molar-refractivity contribution in [2.24, 2.45) is 0 Å². The second-order valence-electron chi connectivity index (χ2n) is 1.90. The number of hydrogen-bond acceptors (Lipinski definition) is 2. The molecule has 0 atom stereocenters. The molecule has 0 aromatic rings. The van der Waals surface area contributed by atoms with E-state index in [2.05, 4.69) is 31.8 Å². The van der Waals surface area contributed by atoms with Gasteiger partial charge in [0.25, 0.3) is 0 Å². The largest absolute Gasteiger partial charge is 0.390 e. The predicted octanol–water partition coefficient (Wildman–Crippen LogP) is 1.43. The Morgan fingerprint density at radius 1 is 1.62 bits per heavy atom. The fourth-order valence-electron chi connectivity index (χ4n) is 0.341. The zero-order valence-corrected chi connectivity index (χ0v) is 6.33. The van der Waals surface area contributed by atoms with E-state index in [9.17, 15) is 0 Å². The van der Waals surface area contributed by atoms with E-state index in [0.717, 1.165) is 12.3 Å². The highest BCUT2D eigenvalue weighted by Gasteiger charge is 1.74. The first-order valence-corrected chi connectivity index (χ1v) is 3.38. The number of allylic oxidation sites excluding steroid dienone is 1. The summed E-state index contributed by atoms with van der Waals surface area (Å²) in [6, 6.07) is 0. The molecular weight excluding hydrogens is 118 g/mol. The molecule has 0 fully saturated rings. The van der Waals surface area contributed by atoms with E-state index in [-0.39, 0.29) is 0 Å². The van der Waals surface area contributed by atoms with Gasteiger partial charge in [-0.15, -0.1) is 0 Å². The van der Waals surface area contributed by atoms with E-state index in [1.165, 1.54) is 5.57 Å². The van der Waals surface area contributed by atoms with Crippen LogP contribution in [0.5, 0.6) is 0 Å². The zero-order valence-electron chi connectivity index (χ0n) is 5.44. The van der Waals surface area contributed by atoms with Crippen LogP contribution in [0.15, 0.2) is 11.8 Å². The molecule has 0 spiro atoms. The van der Waals surface area contributed by atoms with Crippen molar-refractivity contribution in [1.29, 1.82) is 0 Å². The first-order chi connectivity index (χ1) is 3.77. The molecule has 0 rings (SSSR count). The summed E-state index contributed by atoms with van der Waals surface area (Å²) in [6.45, 7) is 5.07. The van der Waals surface area contributed by atoms with Gasteiger partial charge in [0.2, 0.25) is 0 Å². The number of thiol groups is 1. The lowest BCUT2D eigenvalue weighted by Gasteiger charge is -1.94. The van der Waals surface area contributed by atoms with Crippen molar-refractivity contribution in [3.05, 3.63) is 11.8 Å². The fraction of sp³-hybridized carbons (Fsp3) is 0.667. The van der Waals surface area contributed by atoms with Crippen molar-refractivity contribution in [1.82, 2.24) is 5.32 Å². The van der Waals surface area contributed by atoms with Crippen LogP contribution in [0.2, 0.25) is 0 Å². The molecule has 0 radical (unpaired) electrons. The van der Waals surface area contributed by atoms with Gasteiger partial charge in [0.05, 0.1) is 0 Å². The second kappa shape index (κ2) is 5.04. The van der Waals surface area contributed by atoms with Gasteiger partial charge in [0.15, 0.2) is 0 Å². The summed E-state index contributed by atoms with van der Waals surface area (Å²) >= 11 is 4.03. The minimum absolute atomic E-state index is 0.893. The van der Waals surface area contributed by atoms with Gasteiger partial charge in [-0.05, 0) is 20.0 Å². The molecule has 0 aromatic carbocycles. The van der Waals surface area contributed by atoms with Crippen LogP contribution in [0.1, 0.15) is 13.8 Å². The van der Waals surface area contributed by atoms with Gasteiger partial charge in [-0.2, -0.15) is 12.6 Å². The lowest BCUT2D eigenvalue weighted by Crippen LogP contribution is -2.08. The molecule has 0 saturated carbocycles. The van der Waals surface area contributed by atoms with Gasteiger partial charge < -0.3 is 5.32 Å². The van der Waals surface area contributed by atoms with Gasteiger partial charge in [-0.1, -0.05) is 5.57 Å². The summed E-state index contributed by atoms with van der Waals surface area (Å²) in [5, 5.41) is 3.10. The van der Waals surface area contributed by atoms with Gasteiger partial charge >= 0.3 is 0 Å². The maximum absolute atomic E-state index is 4.03. The Morgan fingerprint density at radius 3 is 2.62 bits per heavy atom. The topological polar surface area (TPSA) is 12.0 Å². The highest BCUT2D eigenvalue weighted by molar-refractivity contribution is 7.80. The van der Waals surface area contributed by atoms with Crippen molar-refractivity contribution >= 4 is 12.6 Å². The molecule has 0 heterocycles. The third kappa shape index (κ3) is 5.89. The molecule has 0 aliphatic rings. The fourth-order valence-corrected chi connectivity index (χ4v) is 0.470. The molecule has 2 heteroatoms. The third-order valence-electron chi connectivity index (χ3n) is 0.647. The third-order valence-corrected chi connectivity index (χ3v) is 0.870. The summed E-state index contributed by atoms with van der Waals surface area (Å²) in [7, 11) is 0. The van der Waals surface area contributed by atoms with Crippen LogP contribution >= 0.6 is 12.6 Å². The smallest absolute Gasteiger partial charge is 0.0229 e. The SMILES string of the molecule is CC(C)=CNCCS. The van der Waals surface area contributed by atoms with Gasteiger partial charge in [0.1, 0.15) is 0 Å². The average Bonchev–Trinajstić information content (AvgIpc) is 1.66. The van der Waals surface area contributed by atoms with E-state index in [1.807, 2.05) is 6.20 Å². The highest BCUT2D eigenvalue weighted by atomic mass is 32.1. The molecule has 1 N–H and O–H groups in total. The summed E-state index contributed by atoms with van der Waals surface area (Å²) in [4.78, 5) is 0. The van der Waals surface area contributed by atoms with Crippen LogP contribution in [0.25, 0.3) is 0 Å². The normalized spacial score (nSPS) is 8.38. The van der Waals surface area contributed by atoms with Crippen LogP contribution in [-0.4, -0.2) is 12.3 Å². The molecule has 0 aliphatic carbocycles. The molecule has 0 amide bonds. The Balaban J connectivity index is 3.03. The maximum atomic E-state index is 4.03. The van der Waals surface area contributed by atoms with Crippen LogP contribution in [-0.2, 0) is 0 Å². The Bertz CT molecular complexity index is 74.6. The van der Waals surface area contributed by atoms with E-state index in [1.54, 1.807) is 0 Å². The Morgan fingerprint density at radius 2 is 2.25 bits per heavy atom. The van der Waals surface area contributed by atoms with Crippen LogP contribution < -0.4 is 5.32 Å². The summed E-state index contributed by atoms with van der Waals surface area (Å²) in [6.07, 6.45) is 2.00. The molecule has 0 unspecified atom stereocenters. The molecule has 1 nitrogen and oxygen atoms in total. The van der Waals surface area contributed by atoms with E-state index in [4.69, 9.17) is 0 Å². The molecule has 0 saturated heterocycles. The lowest BCUT2D eigenvalue weighted by atomic mass is 10.4. The lowest BCUT2D eigenvalue weighted by molar-refractivity contribution is 0.918. The first kappa shape index (κ1) is 7.89. The first-order valence-electron chi connectivity index (χ1n) is 2.75. The molecule has 0 aromatic heterocycles. The van der Waals surface area contributed by atoms with Crippen molar-refractivity contribution < 1.29 is 0 Å². The van der Waals surface area contributed by atoms with Crippen molar-refractivity contribution in [2.45, 2.75) is 13.8 Å². The number of nitrogens with one attached hydrogen (secondary N) is 1. The van der Waals surface area contributed by atoms with E-state index < -0.39 is 0 Å². The minimum Gasteiger partial charge on any atom is -0.390 e. The van der Waals surface area contributed by atoms with E-state index in [0.29, 0.717) is 0 Å². The van der Waals surface area contributed by atoms with Crippen LogP contribution in [0, 0.1) is 0 Å². The van der Waals surface area contributed by atoms with Gasteiger partial charge in [-0.25, -0.2) is 0 Å². The van der Waals surface area contributed by atoms with Crippen molar-refractivity contribution in [3.63, 3.8) is 0 Å². The Labute approximate surface area is 56.6 Å². The standard InChI is InChI=1S/C6H13NS/c1-6(2)5-7-3-4-8/h5,7-8H,3-4H2,1-2H3. The van der Waals surface area contributed by atoms with Crippen molar-refractivity contribution in [3.8, 4) is 0 Å². The van der Waals surface area contributed by atoms with E-state index >= 15 is 0 Å². The Hall–Kier alpha value is -0.110. The molecule has 0 bridgehead atoms. The molecule has 0 aliphatic heterocycles. The summed E-state index contributed by atoms with van der Waals surface area (Å²) < 4.78 is 0. The van der Waals surface area contributed by atoms with Crippen LogP contribution in [0.4, 0.5) is 0 Å². The molecule has 8 heavy (non-hydrogen) atoms. The number of hydrogen-bond donors (Lipinski definition) is 2. The summed E-state index contributed by atoms with van der Waals surface area (Å²) in [5.74, 6) is 0.893. The average molecular weight is 131 g/mol. The van der Waals surface area contributed by atoms with Crippen molar-refractivity contribution in [2.75, 3.05) is 12.3 Å².